The summed E-state index contributed by atoms with van der Waals surface area (Å²) in [7, 11) is 1.84. The molecule has 0 amide bonds. The molecule has 4 heteroatoms. The fourth-order valence-corrected chi connectivity index (χ4v) is 2.90. The van der Waals surface area contributed by atoms with E-state index in [9.17, 15) is 4.39 Å². The van der Waals surface area contributed by atoms with Crippen LogP contribution in [0, 0.1) is 19.7 Å². The Labute approximate surface area is 138 Å². The minimum atomic E-state index is -0.365. The molecule has 1 atom stereocenters. The first-order valence-electron chi connectivity index (χ1n) is 6.80. The Kier molecular flexibility index (Phi) is 5.42. The van der Waals surface area contributed by atoms with Gasteiger partial charge in [-0.25, -0.2) is 4.39 Å². The largest absolute Gasteiger partial charge is 0.313 e. The van der Waals surface area contributed by atoms with Crippen LogP contribution in [0.3, 0.4) is 0 Å². The fourth-order valence-electron chi connectivity index (χ4n) is 2.42. The summed E-state index contributed by atoms with van der Waals surface area (Å²) in [6.07, 6.45) is 0.721. The second-order valence-corrected chi connectivity index (χ2v) is 6.47. The van der Waals surface area contributed by atoms with Gasteiger partial charge >= 0.3 is 0 Å². The Bertz CT molecular complexity index is 657. The average molecular weight is 371 g/mol. The quantitative estimate of drug-likeness (QED) is 0.714. The van der Waals surface area contributed by atoms with E-state index in [-0.39, 0.29) is 16.9 Å². The van der Waals surface area contributed by atoms with Gasteiger partial charge in [0.15, 0.2) is 0 Å². The number of nitrogens with one attached hydrogen (secondary N) is 1. The van der Waals surface area contributed by atoms with Gasteiger partial charge in [0.05, 0.1) is 5.02 Å². The molecule has 0 aliphatic rings. The lowest BCUT2D eigenvalue weighted by Crippen LogP contribution is -2.20. The van der Waals surface area contributed by atoms with E-state index in [1.54, 1.807) is 12.1 Å². The summed E-state index contributed by atoms with van der Waals surface area (Å²) in [6, 6.07) is 9.78. The van der Waals surface area contributed by atoms with Gasteiger partial charge in [0.1, 0.15) is 5.82 Å². The molecular weight excluding hydrogens is 353 g/mol. The number of benzene rings is 2. The van der Waals surface area contributed by atoms with Crippen molar-refractivity contribution in [2.75, 3.05) is 7.05 Å². The van der Waals surface area contributed by atoms with E-state index in [0.717, 1.165) is 6.42 Å². The monoisotopic (exact) mass is 369 g/mol. The summed E-state index contributed by atoms with van der Waals surface area (Å²) in [4.78, 5) is 0. The number of likely N-dealkylation sites (N-methyl/N-ethyl adjacent to an activating group) is 1. The molecule has 0 aliphatic heterocycles. The van der Waals surface area contributed by atoms with Crippen LogP contribution in [0.1, 0.15) is 28.3 Å². The van der Waals surface area contributed by atoms with Crippen molar-refractivity contribution in [1.29, 1.82) is 0 Å². The molecule has 1 unspecified atom stereocenters. The predicted octanol–water partition coefficient (Wildman–Crippen LogP) is 5.36. The van der Waals surface area contributed by atoms with Crippen LogP contribution < -0.4 is 5.32 Å². The van der Waals surface area contributed by atoms with Gasteiger partial charge in [-0.05, 0) is 60.4 Å². The molecule has 21 heavy (non-hydrogen) atoms. The van der Waals surface area contributed by atoms with Crippen molar-refractivity contribution in [2.45, 2.75) is 26.3 Å². The van der Waals surface area contributed by atoms with Crippen LogP contribution in [-0.2, 0) is 6.42 Å². The molecule has 2 aromatic rings. The van der Waals surface area contributed by atoms with Crippen LogP contribution >= 0.6 is 27.5 Å². The van der Waals surface area contributed by atoms with E-state index in [1.807, 2.05) is 7.05 Å². The highest BCUT2D eigenvalue weighted by Crippen LogP contribution is 2.32. The number of aryl methyl sites for hydroxylation is 2. The lowest BCUT2D eigenvalue weighted by Gasteiger charge is -2.20. The zero-order chi connectivity index (χ0) is 15.6. The highest BCUT2D eigenvalue weighted by Gasteiger charge is 2.19. The molecule has 1 nitrogen and oxygen atoms in total. The van der Waals surface area contributed by atoms with Gasteiger partial charge in [0, 0.05) is 16.1 Å². The van der Waals surface area contributed by atoms with E-state index in [1.165, 1.54) is 16.7 Å². The van der Waals surface area contributed by atoms with Crippen LogP contribution in [0.5, 0.6) is 0 Å². The summed E-state index contributed by atoms with van der Waals surface area (Å²) >= 11 is 9.24. The van der Waals surface area contributed by atoms with E-state index in [0.29, 0.717) is 10.0 Å². The van der Waals surface area contributed by atoms with Crippen molar-refractivity contribution in [3.63, 3.8) is 0 Å². The summed E-state index contributed by atoms with van der Waals surface area (Å²) < 4.78 is 15.0. The Morgan fingerprint density at radius 3 is 2.62 bits per heavy atom. The maximum atomic E-state index is 14.4. The number of halogens is 3. The van der Waals surface area contributed by atoms with E-state index in [2.05, 4.69) is 53.3 Å². The van der Waals surface area contributed by atoms with Gasteiger partial charge < -0.3 is 5.32 Å². The Morgan fingerprint density at radius 2 is 1.95 bits per heavy atom. The molecule has 0 aliphatic carbocycles. The maximum absolute atomic E-state index is 14.4. The third-order valence-corrected chi connectivity index (χ3v) is 4.98. The normalized spacial score (nSPS) is 12.5. The van der Waals surface area contributed by atoms with Crippen LogP contribution in [0.4, 0.5) is 4.39 Å². The second kappa shape index (κ2) is 6.91. The lowest BCUT2D eigenvalue weighted by molar-refractivity contribution is 0.533. The fraction of sp³-hybridized carbons (Fsp3) is 0.294. The molecule has 0 fully saturated rings. The van der Waals surface area contributed by atoms with Crippen molar-refractivity contribution in [3.8, 4) is 0 Å². The summed E-state index contributed by atoms with van der Waals surface area (Å²) in [5.41, 5.74) is 4.23. The Hall–Kier alpha value is -0.900. The van der Waals surface area contributed by atoms with Gasteiger partial charge in [-0.3, -0.25) is 0 Å². The first-order valence-corrected chi connectivity index (χ1v) is 7.98. The van der Waals surface area contributed by atoms with Gasteiger partial charge in [-0.15, -0.1) is 0 Å². The molecule has 0 aromatic heterocycles. The molecule has 0 heterocycles. The number of hydrogen-bond donors (Lipinski definition) is 1. The SMILES string of the molecule is CNC(Cc1cc(C)ccc1C)c1ccc(Br)c(Cl)c1F. The standard InChI is InChI=1S/C17H18BrClFN/c1-10-4-5-11(2)12(8-10)9-15(21-3)13-6-7-14(18)16(19)17(13)20/h4-8,15,21H,9H2,1-3H3. The molecule has 0 saturated heterocycles. The third kappa shape index (κ3) is 3.65. The van der Waals surface area contributed by atoms with Crippen LogP contribution in [0.2, 0.25) is 5.02 Å². The Balaban J connectivity index is 2.37. The zero-order valence-corrected chi connectivity index (χ0v) is 14.6. The maximum Gasteiger partial charge on any atom is 0.147 e. The molecule has 0 bridgehead atoms. The van der Waals surface area contributed by atoms with Gasteiger partial charge in [0.2, 0.25) is 0 Å². The van der Waals surface area contributed by atoms with Crippen molar-refractivity contribution >= 4 is 27.5 Å². The topological polar surface area (TPSA) is 12.0 Å². The van der Waals surface area contributed by atoms with Crippen LogP contribution in [0.15, 0.2) is 34.8 Å². The molecule has 1 N–H and O–H groups in total. The van der Waals surface area contributed by atoms with Crippen LogP contribution in [0.25, 0.3) is 0 Å². The molecule has 0 radical (unpaired) electrons. The summed E-state index contributed by atoms with van der Waals surface area (Å²) in [5, 5.41) is 3.32. The zero-order valence-electron chi connectivity index (χ0n) is 12.3. The minimum absolute atomic E-state index is 0.115. The molecule has 0 spiro atoms. The van der Waals surface area contributed by atoms with E-state index >= 15 is 0 Å². The van der Waals surface area contributed by atoms with E-state index < -0.39 is 0 Å². The molecule has 0 saturated carbocycles. The van der Waals surface area contributed by atoms with Crippen molar-refractivity contribution < 1.29 is 4.39 Å². The molecule has 112 valence electrons. The third-order valence-electron chi connectivity index (χ3n) is 3.72. The van der Waals surface area contributed by atoms with Crippen molar-refractivity contribution in [1.82, 2.24) is 5.32 Å². The summed E-state index contributed by atoms with van der Waals surface area (Å²) in [6.45, 7) is 4.14. The smallest absolute Gasteiger partial charge is 0.147 e. The lowest BCUT2D eigenvalue weighted by atomic mass is 9.94. The highest BCUT2D eigenvalue weighted by atomic mass is 79.9. The van der Waals surface area contributed by atoms with Gasteiger partial charge in [0.25, 0.3) is 0 Å². The average Bonchev–Trinajstić information content (AvgIpc) is 2.46. The Morgan fingerprint density at radius 1 is 1.24 bits per heavy atom. The van der Waals surface area contributed by atoms with Crippen molar-refractivity contribution in [2.24, 2.45) is 0 Å². The first kappa shape index (κ1) is 16.5. The van der Waals surface area contributed by atoms with Crippen LogP contribution in [-0.4, -0.2) is 7.05 Å². The van der Waals surface area contributed by atoms with E-state index in [4.69, 9.17) is 11.6 Å². The number of hydrogen-bond acceptors (Lipinski definition) is 1. The van der Waals surface area contributed by atoms with Gasteiger partial charge in [-0.2, -0.15) is 0 Å². The van der Waals surface area contributed by atoms with Gasteiger partial charge in [-0.1, -0.05) is 41.4 Å². The molecular formula is C17H18BrClFN. The molecule has 2 aromatic carbocycles. The van der Waals surface area contributed by atoms with Crippen molar-refractivity contribution in [3.05, 3.63) is 67.9 Å². The highest BCUT2D eigenvalue weighted by molar-refractivity contribution is 9.10. The summed E-state index contributed by atoms with van der Waals surface area (Å²) in [5.74, 6) is -0.365. The number of rotatable bonds is 4. The second-order valence-electron chi connectivity index (χ2n) is 5.24. The predicted molar refractivity (Wildman–Crippen MR) is 90.5 cm³/mol. The minimum Gasteiger partial charge on any atom is -0.313 e. The molecule has 2 rings (SSSR count). The first-order chi connectivity index (χ1) is 9.93.